The number of carboxylic acids is 1. The number of nitrogens with zero attached hydrogens (tertiary/aromatic N) is 1. The minimum absolute atomic E-state index is 0.0627. The molecule has 1 aromatic heterocycles. The zero-order chi connectivity index (χ0) is 14.4. The molecule has 5 heteroatoms. The SMILES string of the molecule is CCCC(CC(=O)O)Nc1nc(-c2ccccc2)cs1. The van der Waals surface area contributed by atoms with Crippen LogP contribution >= 0.6 is 11.3 Å². The fourth-order valence-corrected chi connectivity index (χ4v) is 2.84. The van der Waals surface area contributed by atoms with Crippen LogP contribution in [0.1, 0.15) is 26.2 Å². The van der Waals surface area contributed by atoms with Crippen LogP contribution < -0.4 is 5.32 Å². The fourth-order valence-electron chi connectivity index (χ4n) is 2.04. The quantitative estimate of drug-likeness (QED) is 0.812. The Morgan fingerprint density at radius 3 is 2.80 bits per heavy atom. The molecule has 0 amide bonds. The van der Waals surface area contributed by atoms with Gasteiger partial charge in [-0.1, -0.05) is 43.7 Å². The van der Waals surface area contributed by atoms with Gasteiger partial charge in [0, 0.05) is 17.0 Å². The van der Waals surface area contributed by atoms with Gasteiger partial charge in [0.2, 0.25) is 0 Å². The molecule has 106 valence electrons. The first kappa shape index (κ1) is 14.5. The van der Waals surface area contributed by atoms with Crippen molar-refractivity contribution in [3.05, 3.63) is 35.7 Å². The number of hydrogen-bond donors (Lipinski definition) is 2. The summed E-state index contributed by atoms with van der Waals surface area (Å²) in [6.45, 7) is 2.05. The first-order chi connectivity index (χ1) is 9.69. The molecule has 1 atom stereocenters. The second-order valence-electron chi connectivity index (χ2n) is 4.63. The van der Waals surface area contributed by atoms with Gasteiger partial charge in [0.1, 0.15) is 0 Å². The number of hydrogen-bond acceptors (Lipinski definition) is 4. The third kappa shape index (κ3) is 4.06. The summed E-state index contributed by atoms with van der Waals surface area (Å²) in [6, 6.07) is 9.89. The Hall–Kier alpha value is -1.88. The molecule has 0 radical (unpaired) electrons. The highest BCUT2D eigenvalue weighted by Crippen LogP contribution is 2.25. The molecule has 1 unspecified atom stereocenters. The standard InChI is InChI=1S/C15H18N2O2S/c1-2-6-12(9-14(18)19)16-15-17-13(10-20-15)11-7-4-3-5-8-11/h3-5,7-8,10,12H,2,6,9H2,1H3,(H,16,17)(H,18,19). The van der Waals surface area contributed by atoms with Crippen molar-refractivity contribution in [1.29, 1.82) is 0 Å². The summed E-state index contributed by atoms with van der Waals surface area (Å²) < 4.78 is 0. The molecular formula is C15H18N2O2S. The van der Waals surface area contributed by atoms with E-state index in [9.17, 15) is 4.79 Å². The van der Waals surface area contributed by atoms with E-state index < -0.39 is 5.97 Å². The van der Waals surface area contributed by atoms with Gasteiger partial charge < -0.3 is 10.4 Å². The summed E-state index contributed by atoms with van der Waals surface area (Å²) in [5, 5.41) is 14.9. The third-order valence-corrected chi connectivity index (χ3v) is 3.73. The number of thiazole rings is 1. The van der Waals surface area contributed by atoms with Gasteiger partial charge in [-0.05, 0) is 6.42 Å². The average molecular weight is 290 g/mol. The van der Waals surface area contributed by atoms with E-state index in [0.717, 1.165) is 29.2 Å². The van der Waals surface area contributed by atoms with Gasteiger partial charge in [-0.2, -0.15) is 0 Å². The molecule has 2 aromatic rings. The maximum absolute atomic E-state index is 10.8. The maximum atomic E-state index is 10.8. The lowest BCUT2D eigenvalue weighted by Crippen LogP contribution is -2.22. The first-order valence-electron chi connectivity index (χ1n) is 6.68. The van der Waals surface area contributed by atoms with E-state index in [1.807, 2.05) is 42.6 Å². The monoisotopic (exact) mass is 290 g/mol. The Bertz CT molecular complexity index is 554. The highest BCUT2D eigenvalue weighted by atomic mass is 32.1. The lowest BCUT2D eigenvalue weighted by molar-refractivity contribution is -0.137. The van der Waals surface area contributed by atoms with E-state index in [-0.39, 0.29) is 12.5 Å². The van der Waals surface area contributed by atoms with Crippen LogP contribution in [0, 0.1) is 0 Å². The minimum atomic E-state index is -0.782. The van der Waals surface area contributed by atoms with Gasteiger partial charge in [-0.25, -0.2) is 4.98 Å². The summed E-state index contributed by atoms with van der Waals surface area (Å²) in [4.78, 5) is 15.4. The smallest absolute Gasteiger partial charge is 0.305 e. The maximum Gasteiger partial charge on any atom is 0.305 e. The molecule has 0 fully saturated rings. The van der Waals surface area contributed by atoms with E-state index in [1.54, 1.807) is 0 Å². The van der Waals surface area contributed by atoms with Gasteiger partial charge in [0.25, 0.3) is 0 Å². The predicted octanol–water partition coefficient (Wildman–Crippen LogP) is 3.87. The Labute approximate surface area is 122 Å². The topological polar surface area (TPSA) is 62.2 Å². The number of aromatic nitrogens is 1. The van der Waals surface area contributed by atoms with Crippen molar-refractivity contribution < 1.29 is 9.90 Å². The Balaban J connectivity index is 2.06. The molecule has 0 spiro atoms. The van der Waals surface area contributed by atoms with E-state index in [4.69, 9.17) is 5.11 Å². The molecule has 0 aliphatic rings. The van der Waals surface area contributed by atoms with Crippen LogP contribution in [-0.4, -0.2) is 22.1 Å². The van der Waals surface area contributed by atoms with Crippen molar-refractivity contribution in [2.45, 2.75) is 32.2 Å². The van der Waals surface area contributed by atoms with Crippen molar-refractivity contribution >= 4 is 22.4 Å². The van der Waals surface area contributed by atoms with Gasteiger partial charge in [0.05, 0.1) is 12.1 Å². The molecule has 1 heterocycles. The van der Waals surface area contributed by atoms with Crippen molar-refractivity contribution in [2.75, 3.05) is 5.32 Å². The molecular weight excluding hydrogens is 272 g/mol. The van der Waals surface area contributed by atoms with Gasteiger partial charge in [-0.15, -0.1) is 11.3 Å². The number of anilines is 1. The number of carboxylic acid groups (broad SMARTS) is 1. The lowest BCUT2D eigenvalue weighted by Gasteiger charge is -2.14. The molecule has 2 N–H and O–H groups in total. The zero-order valence-corrected chi connectivity index (χ0v) is 12.2. The molecule has 2 rings (SSSR count). The summed E-state index contributed by atoms with van der Waals surface area (Å²) in [5.41, 5.74) is 1.99. The van der Waals surface area contributed by atoms with Crippen LogP contribution in [0.15, 0.2) is 35.7 Å². The molecule has 0 aliphatic heterocycles. The summed E-state index contributed by atoms with van der Waals surface area (Å²) in [5.74, 6) is -0.782. The van der Waals surface area contributed by atoms with Gasteiger partial charge in [-0.3, -0.25) is 4.79 Å². The van der Waals surface area contributed by atoms with Crippen molar-refractivity contribution in [3.63, 3.8) is 0 Å². The van der Waals surface area contributed by atoms with E-state index >= 15 is 0 Å². The van der Waals surface area contributed by atoms with Crippen molar-refractivity contribution in [3.8, 4) is 11.3 Å². The summed E-state index contributed by atoms with van der Waals surface area (Å²) in [6.07, 6.45) is 1.89. The number of rotatable bonds is 7. The van der Waals surface area contributed by atoms with Crippen LogP contribution in [0.4, 0.5) is 5.13 Å². The Morgan fingerprint density at radius 1 is 1.40 bits per heavy atom. The predicted molar refractivity (Wildman–Crippen MR) is 82.1 cm³/mol. The number of aliphatic carboxylic acids is 1. The second kappa shape index (κ2) is 7.05. The van der Waals surface area contributed by atoms with Crippen LogP contribution in [0.25, 0.3) is 11.3 Å². The number of benzene rings is 1. The van der Waals surface area contributed by atoms with E-state index in [2.05, 4.69) is 10.3 Å². The van der Waals surface area contributed by atoms with Gasteiger partial charge >= 0.3 is 5.97 Å². The molecule has 1 aromatic carbocycles. The van der Waals surface area contributed by atoms with Crippen LogP contribution in [-0.2, 0) is 4.79 Å². The Morgan fingerprint density at radius 2 is 2.15 bits per heavy atom. The highest BCUT2D eigenvalue weighted by Gasteiger charge is 2.14. The van der Waals surface area contributed by atoms with Crippen LogP contribution in [0.5, 0.6) is 0 Å². The van der Waals surface area contributed by atoms with Crippen molar-refractivity contribution in [1.82, 2.24) is 4.98 Å². The Kier molecular flexibility index (Phi) is 5.12. The lowest BCUT2D eigenvalue weighted by atomic mass is 10.1. The summed E-state index contributed by atoms with van der Waals surface area (Å²) in [7, 11) is 0. The van der Waals surface area contributed by atoms with E-state index in [1.165, 1.54) is 11.3 Å². The van der Waals surface area contributed by atoms with Crippen LogP contribution in [0.3, 0.4) is 0 Å². The normalized spacial score (nSPS) is 12.1. The van der Waals surface area contributed by atoms with E-state index in [0.29, 0.717) is 0 Å². The van der Waals surface area contributed by atoms with Crippen LogP contribution in [0.2, 0.25) is 0 Å². The van der Waals surface area contributed by atoms with Gasteiger partial charge in [0.15, 0.2) is 5.13 Å². The largest absolute Gasteiger partial charge is 0.481 e. The average Bonchev–Trinajstić information content (AvgIpc) is 2.88. The second-order valence-corrected chi connectivity index (χ2v) is 5.49. The third-order valence-electron chi connectivity index (χ3n) is 2.96. The molecule has 4 nitrogen and oxygen atoms in total. The molecule has 20 heavy (non-hydrogen) atoms. The molecule has 0 bridgehead atoms. The fraction of sp³-hybridized carbons (Fsp3) is 0.333. The highest BCUT2D eigenvalue weighted by molar-refractivity contribution is 7.14. The molecule has 0 saturated heterocycles. The molecule has 0 saturated carbocycles. The summed E-state index contributed by atoms with van der Waals surface area (Å²) >= 11 is 1.51. The minimum Gasteiger partial charge on any atom is -0.481 e. The van der Waals surface area contributed by atoms with Crippen molar-refractivity contribution in [2.24, 2.45) is 0 Å². The zero-order valence-electron chi connectivity index (χ0n) is 11.4. The first-order valence-corrected chi connectivity index (χ1v) is 7.56. The number of nitrogens with one attached hydrogen (secondary N) is 1. The molecule has 0 aliphatic carbocycles. The number of carbonyl (C=O) groups is 1.